The van der Waals surface area contributed by atoms with Gasteiger partial charge < -0.3 is 14.6 Å². The van der Waals surface area contributed by atoms with Crippen molar-refractivity contribution in [1.29, 1.82) is 0 Å². The fourth-order valence-corrected chi connectivity index (χ4v) is 2.51. The fraction of sp³-hybridized carbons (Fsp3) is 0.409. The molecule has 0 fully saturated rings. The third-order valence-electron chi connectivity index (χ3n) is 4.28. The lowest BCUT2D eigenvalue weighted by atomic mass is 10.1. The number of rotatable bonds is 13. The number of amides is 2. The molecule has 9 nitrogen and oxygen atoms in total. The van der Waals surface area contributed by atoms with E-state index in [-0.39, 0.29) is 24.2 Å². The molecule has 0 aromatic carbocycles. The molecule has 1 heterocycles. The predicted octanol–water partition coefficient (Wildman–Crippen LogP) is 3.00. The summed E-state index contributed by atoms with van der Waals surface area (Å²) in [6, 6.07) is 1.12. The van der Waals surface area contributed by atoms with Gasteiger partial charge in [0.2, 0.25) is 5.91 Å². The van der Waals surface area contributed by atoms with Crippen LogP contribution in [0.1, 0.15) is 68.0 Å². The van der Waals surface area contributed by atoms with Crippen molar-refractivity contribution < 1.29 is 33.8 Å². The maximum atomic E-state index is 12.1. The molecule has 1 atom stereocenters. The number of nitrogens with one attached hydrogen (secondary N) is 1. The smallest absolute Gasteiger partial charge is 0.306 e. The molecule has 0 unspecified atom stereocenters. The quantitative estimate of drug-likeness (QED) is 0.317. The summed E-state index contributed by atoms with van der Waals surface area (Å²) in [6.45, 7) is 1.33. The Morgan fingerprint density at radius 1 is 1.10 bits per heavy atom. The van der Waals surface area contributed by atoms with Crippen LogP contribution < -0.4 is 10.7 Å². The summed E-state index contributed by atoms with van der Waals surface area (Å²) < 4.78 is 5.22. The molecular weight excluding hydrogens is 406 g/mol. The molecule has 0 spiro atoms. The number of carbonyl (C=O) groups excluding carboxylic acids is 2. The molecule has 0 aliphatic heterocycles. The summed E-state index contributed by atoms with van der Waals surface area (Å²) in [5, 5.41) is 19.3. The second-order valence-corrected chi connectivity index (χ2v) is 7.01. The molecule has 3 N–H and O–H groups in total. The Morgan fingerprint density at radius 2 is 1.81 bits per heavy atom. The van der Waals surface area contributed by atoms with Crippen LogP contribution in [0, 0.1) is 5.92 Å². The lowest BCUT2D eigenvalue weighted by Gasteiger charge is -2.06. The molecule has 1 aromatic rings. The second kappa shape index (κ2) is 13.7. The molecule has 2 amide bonds. The van der Waals surface area contributed by atoms with Gasteiger partial charge in [-0.25, -0.2) is 0 Å². The molecule has 0 aliphatic rings. The monoisotopic (exact) mass is 433 g/mol. The van der Waals surface area contributed by atoms with Crippen molar-refractivity contribution in [3.8, 4) is 0 Å². The van der Waals surface area contributed by atoms with Crippen molar-refractivity contribution in [2.45, 2.75) is 51.9 Å². The van der Waals surface area contributed by atoms with Gasteiger partial charge in [-0.1, -0.05) is 38.0 Å². The van der Waals surface area contributed by atoms with Crippen molar-refractivity contribution >= 4 is 29.8 Å². The van der Waals surface area contributed by atoms with E-state index in [1.54, 1.807) is 18.2 Å². The molecule has 9 heteroatoms. The topological polar surface area (TPSA) is 151 Å². The van der Waals surface area contributed by atoms with Crippen LogP contribution in [0.4, 0.5) is 0 Å². The largest absolute Gasteiger partial charge is 0.481 e. The van der Waals surface area contributed by atoms with Crippen molar-refractivity contribution in [3.05, 3.63) is 52.1 Å². The van der Waals surface area contributed by atoms with Gasteiger partial charge in [0.15, 0.2) is 5.43 Å². The van der Waals surface area contributed by atoms with Gasteiger partial charge >= 0.3 is 11.9 Å². The average Bonchev–Trinajstić information content (AvgIpc) is 2.68. The van der Waals surface area contributed by atoms with Crippen LogP contribution in [0.2, 0.25) is 0 Å². The summed E-state index contributed by atoms with van der Waals surface area (Å²) >= 11 is 0. The van der Waals surface area contributed by atoms with E-state index in [0.29, 0.717) is 6.42 Å². The number of carbonyl (C=O) groups is 4. The van der Waals surface area contributed by atoms with Crippen LogP contribution in [0.3, 0.4) is 0 Å². The maximum absolute atomic E-state index is 12.1. The van der Waals surface area contributed by atoms with E-state index in [9.17, 15) is 24.0 Å². The number of imide groups is 1. The Bertz CT molecular complexity index is 897. The Hall–Kier alpha value is -3.49. The van der Waals surface area contributed by atoms with Crippen molar-refractivity contribution in [2.24, 2.45) is 5.92 Å². The molecule has 1 rings (SSSR count). The van der Waals surface area contributed by atoms with Crippen molar-refractivity contribution in [1.82, 2.24) is 5.32 Å². The highest BCUT2D eigenvalue weighted by Crippen LogP contribution is 2.07. The second-order valence-electron chi connectivity index (χ2n) is 7.01. The first-order valence-electron chi connectivity index (χ1n) is 9.95. The van der Waals surface area contributed by atoms with Gasteiger partial charge in [0.25, 0.3) is 5.91 Å². The summed E-state index contributed by atoms with van der Waals surface area (Å²) in [6.07, 6.45) is 12.0. The average molecular weight is 433 g/mol. The zero-order chi connectivity index (χ0) is 23.2. The van der Waals surface area contributed by atoms with Crippen LogP contribution >= 0.6 is 0 Å². The van der Waals surface area contributed by atoms with Gasteiger partial charge in [0.1, 0.15) is 17.6 Å². The number of aliphatic carboxylic acids is 2. The van der Waals surface area contributed by atoms with Crippen molar-refractivity contribution in [3.63, 3.8) is 0 Å². The predicted molar refractivity (Wildman–Crippen MR) is 112 cm³/mol. The Morgan fingerprint density at radius 3 is 2.45 bits per heavy atom. The lowest BCUT2D eigenvalue weighted by Crippen LogP contribution is -2.35. The molecule has 0 aliphatic carbocycles. The first kappa shape index (κ1) is 25.5. The highest BCUT2D eigenvalue weighted by molar-refractivity contribution is 6.04. The van der Waals surface area contributed by atoms with Crippen LogP contribution in [-0.2, 0) is 14.4 Å². The van der Waals surface area contributed by atoms with E-state index in [0.717, 1.165) is 38.0 Å². The van der Waals surface area contributed by atoms with E-state index >= 15 is 0 Å². The minimum atomic E-state index is -1.16. The summed E-state index contributed by atoms with van der Waals surface area (Å²) in [5.41, 5.74) is -0.986. The first-order valence-corrected chi connectivity index (χ1v) is 9.95. The Labute approximate surface area is 179 Å². The van der Waals surface area contributed by atoms with E-state index in [4.69, 9.17) is 14.6 Å². The van der Waals surface area contributed by atoms with Gasteiger partial charge in [-0.15, -0.1) is 0 Å². The number of allylic oxidation sites excluding steroid dienone is 3. The summed E-state index contributed by atoms with van der Waals surface area (Å²) in [5.74, 6) is -4.41. The molecule has 168 valence electrons. The van der Waals surface area contributed by atoms with Gasteiger partial charge in [-0.2, -0.15) is 0 Å². The number of carboxylic acids is 2. The third kappa shape index (κ3) is 10.7. The molecule has 0 radical (unpaired) electrons. The molecule has 0 saturated heterocycles. The highest BCUT2D eigenvalue weighted by atomic mass is 16.4. The third-order valence-corrected chi connectivity index (χ3v) is 4.28. The number of carboxylic acid groups (broad SMARTS) is 2. The van der Waals surface area contributed by atoms with Gasteiger partial charge in [0, 0.05) is 18.9 Å². The van der Waals surface area contributed by atoms with E-state index in [1.165, 1.54) is 6.92 Å². The first-order chi connectivity index (χ1) is 14.7. The standard InChI is InChI=1S/C22H27NO8/c1-15(22(29)30)12-19(25)23-21(28)17-14-31-16(13-18(17)24)10-8-6-4-2-3-5-7-9-11-20(26)27/h4,6,8,10,13-15H,2-3,5,7,9,11-12H2,1H3,(H,26,27)(H,29,30)(H,23,25,28)/b6-4?,10-8+/t15-/m0/s1. The van der Waals surface area contributed by atoms with Gasteiger partial charge in [-0.3, -0.25) is 29.3 Å². The summed E-state index contributed by atoms with van der Waals surface area (Å²) in [7, 11) is 0. The number of hydrogen-bond donors (Lipinski definition) is 3. The molecular formula is C22H27NO8. The van der Waals surface area contributed by atoms with Crippen molar-refractivity contribution in [2.75, 3.05) is 0 Å². The highest BCUT2D eigenvalue weighted by Gasteiger charge is 2.19. The Balaban J connectivity index is 2.46. The van der Waals surface area contributed by atoms with Gasteiger partial charge in [-0.05, 0) is 25.3 Å². The zero-order valence-electron chi connectivity index (χ0n) is 17.3. The van der Waals surface area contributed by atoms with Crippen LogP contribution in [0.25, 0.3) is 6.08 Å². The molecule has 1 aromatic heterocycles. The van der Waals surface area contributed by atoms with Crippen LogP contribution in [0.15, 0.2) is 39.8 Å². The Kier molecular flexibility index (Phi) is 11.3. The zero-order valence-corrected chi connectivity index (χ0v) is 17.3. The minimum Gasteiger partial charge on any atom is -0.481 e. The summed E-state index contributed by atoms with van der Waals surface area (Å²) in [4.78, 5) is 56.9. The SMILES string of the molecule is C[C@@H](CC(=O)NC(=O)c1coc(/C=C/C=CCCCCCCC(=O)O)cc1=O)C(=O)O. The van der Waals surface area contributed by atoms with Crippen LogP contribution in [-0.4, -0.2) is 34.0 Å². The lowest BCUT2D eigenvalue weighted by molar-refractivity contribution is -0.143. The van der Waals surface area contributed by atoms with E-state index < -0.39 is 35.1 Å². The number of unbranched alkanes of at least 4 members (excludes halogenated alkanes) is 4. The normalized spacial score (nSPS) is 12.2. The van der Waals surface area contributed by atoms with E-state index in [1.807, 2.05) is 11.4 Å². The molecule has 31 heavy (non-hydrogen) atoms. The molecule has 0 saturated carbocycles. The minimum absolute atomic E-state index is 0.199. The van der Waals surface area contributed by atoms with Crippen LogP contribution in [0.5, 0.6) is 0 Å². The van der Waals surface area contributed by atoms with E-state index in [2.05, 4.69) is 0 Å². The maximum Gasteiger partial charge on any atom is 0.306 e. The molecule has 0 bridgehead atoms. The number of hydrogen-bond acceptors (Lipinski definition) is 6. The fourth-order valence-electron chi connectivity index (χ4n) is 2.51. The van der Waals surface area contributed by atoms with Gasteiger partial charge in [0.05, 0.1) is 5.92 Å².